The first-order valence-corrected chi connectivity index (χ1v) is 8.67. The summed E-state index contributed by atoms with van der Waals surface area (Å²) in [4.78, 5) is 22.2. The molecule has 0 aliphatic carbocycles. The first-order valence-electron chi connectivity index (χ1n) is 8.67. The highest BCUT2D eigenvalue weighted by Crippen LogP contribution is 2.14. The maximum absolute atomic E-state index is 13.0. The van der Waals surface area contributed by atoms with E-state index in [1.165, 1.54) is 18.3 Å². The van der Waals surface area contributed by atoms with E-state index in [9.17, 15) is 9.18 Å². The number of hydrogen-bond donors (Lipinski definition) is 1. The highest BCUT2D eigenvalue weighted by atomic mass is 19.1. The number of nitrogens with zero attached hydrogens (tertiary/aromatic N) is 3. The summed E-state index contributed by atoms with van der Waals surface area (Å²) < 4.78 is 13.0. The second-order valence-corrected chi connectivity index (χ2v) is 6.56. The van der Waals surface area contributed by atoms with Crippen molar-refractivity contribution in [2.75, 3.05) is 13.1 Å². The molecule has 5 nitrogen and oxygen atoms in total. The number of rotatable bonds is 5. The molecule has 1 amide bonds. The number of carbonyl (C=O) groups is 1. The quantitative estimate of drug-likeness (QED) is 0.907. The van der Waals surface area contributed by atoms with Crippen molar-refractivity contribution in [2.45, 2.75) is 38.3 Å². The van der Waals surface area contributed by atoms with E-state index in [-0.39, 0.29) is 11.7 Å². The number of hydrogen-bond acceptors (Lipinski definition) is 4. The molecular weight excluding hydrogens is 319 g/mol. The van der Waals surface area contributed by atoms with Crippen LogP contribution in [0.25, 0.3) is 0 Å². The smallest absolute Gasteiger partial charge is 0.274 e. The van der Waals surface area contributed by atoms with E-state index in [0.717, 1.165) is 37.9 Å². The summed E-state index contributed by atoms with van der Waals surface area (Å²) >= 11 is 0. The number of nitrogens with one attached hydrogen (secondary N) is 1. The molecule has 0 unspecified atom stereocenters. The average molecular weight is 342 g/mol. The number of likely N-dealkylation sites (tertiary alicyclic amines) is 1. The average Bonchev–Trinajstić information content (AvgIpc) is 2.64. The van der Waals surface area contributed by atoms with Gasteiger partial charge in [0.05, 0.1) is 6.20 Å². The van der Waals surface area contributed by atoms with Gasteiger partial charge in [-0.2, -0.15) is 0 Å². The fraction of sp³-hybridized carbons (Fsp3) is 0.421. The summed E-state index contributed by atoms with van der Waals surface area (Å²) in [5.41, 5.74) is 1.52. The number of carbonyl (C=O) groups excluding carboxylic acids is 1. The van der Waals surface area contributed by atoms with Gasteiger partial charge in [-0.25, -0.2) is 9.37 Å². The Bertz CT molecular complexity index is 684. The minimum absolute atomic E-state index is 0.0501. The third-order valence-electron chi connectivity index (χ3n) is 4.54. The van der Waals surface area contributed by atoms with Crippen LogP contribution in [0.4, 0.5) is 4.39 Å². The molecule has 0 radical (unpaired) electrons. The zero-order valence-electron chi connectivity index (χ0n) is 14.4. The second-order valence-electron chi connectivity index (χ2n) is 6.56. The maximum Gasteiger partial charge on any atom is 0.274 e. The fourth-order valence-electron chi connectivity index (χ4n) is 3.26. The third kappa shape index (κ3) is 4.82. The number of aromatic nitrogens is 2. The largest absolute Gasteiger partial charge is 0.337 e. The highest BCUT2D eigenvalue weighted by molar-refractivity contribution is 5.92. The van der Waals surface area contributed by atoms with Crippen LogP contribution in [0, 0.1) is 5.82 Å². The van der Waals surface area contributed by atoms with E-state index in [4.69, 9.17) is 0 Å². The van der Waals surface area contributed by atoms with E-state index >= 15 is 0 Å². The van der Waals surface area contributed by atoms with E-state index in [2.05, 4.69) is 22.2 Å². The summed E-state index contributed by atoms with van der Waals surface area (Å²) in [5, 5.41) is 3.62. The summed E-state index contributed by atoms with van der Waals surface area (Å²) in [6, 6.07) is 7.35. The molecule has 25 heavy (non-hydrogen) atoms. The highest BCUT2D eigenvalue weighted by Gasteiger charge is 2.25. The van der Waals surface area contributed by atoms with Gasteiger partial charge < -0.3 is 10.2 Å². The predicted molar refractivity (Wildman–Crippen MR) is 93.7 cm³/mol. The van der Waals surface area contributed by atoms with Crippen molar-refractivity contribution in [1.29, 1.82) is 0 Å². The van der Waals surface area contributed by atoms with Crippen LogP contribution in [0.15, 0.2) is 42.9 Å². The molecule has 0 spiro atoms. The lowest BCUT2D eigenvalue weighted by atomic mass is 10.0. The normalized spacial score (nSPS) is 16.6. The molecule has 132 valence electrons. The maximum atomic E-state index is 13.0. The van der Waals surface area contributed by atoms with Crippen LogP contribution in [0.2, 0.25) is 0 Å². The molecule has 0 saturated carbocycles. The van der Waals surface area contributed by atoms with Crippen LogP contribution in [-0.4, -0.2) is 45.9 Å². The first kappa shape index (κ1) is 17.5. The predicted octanol–water partition coefficient (Wildman–Crippen LogP) is 2.44. The molecule has 1 fully saturated rings. The molecule has 1 aliphatic rings. The molecule has 2 heterocycles. The van der Waals surface area contributed by atoms with Crippen molar-refractivity contribution >= 4 is 5.91 Å². The molecule has 1 saturated heterocycles. The van der Waals surface area contributed by atoms with Crippen molar-refractivity contribution in [3.8, 4) is 0 Å². The minimum Gasteiger partial charge on any atom is -0.337 e. The Morgan fingerprint density at radius 1 is 1.28 bits per heavy atom. The molecule has 1 aromatic heterocycles. The summed E-state index contributed by atoms with van der Waals surface area (Å²) in [7, 11) is 0. The number of amides is 1. The number of benzene rings is 1. The van der Waals surface area contributed by atoms with E-state index in [0.29, 0.717) is 17.8 Å². The van der Waals surface area contributed by atoms with Gasteiger partial charge in [0.2, 0.25) is 0 Å². The lowest BCUT2D eigenvalue weighted by molar-refractivity contribution is 0.0696. The standard InChI is InChI=1S/C19H23FN4O/c1-14(12-15-2-4-16(20)5-3-15)23-17-6-10-24(11-7-17)19(25)18-13-21-8-9-22-18/h2-5,8-9,13-14,17,23H,6-7,10-12H2,1H3/t14-/m0/s1. The van der Waals surface area contributed by atoms with Gasteiger partial charge in [0, 0.05) is 37.6 Å². The summed E-state index contributed by atoms with van der Waals surface area (Å²) in [5.74, 6) is -0.254. The van der Waals surface area contributed by atoms with Gasteiger partial charge in [0.25, 0.3) is 5.91 Å². The van der Waals surface area contributed by atoms with Crippen molar-refractivity contribution < 1.29 is 9.18 Å². The number of halogens is 1. The Kier molecular flexibility index (Phi) is 5.71. The number of piperidine rings is 1. The fourth-order valence-corrected chi connectivity index (χ4v) is 3.26. The zero-order valence-corrected chi connectivity index (χ0v) is 14.4. The molecular formula is C19H23FN4O. The Labute approximate surface area is 147 Å². The van der Waals surface area contributed by atoms with Gasteiger partial charge >= 0.3 is 0 Å². The van der Waals surface area contributed by atoms with E-state index in [1.807, 2.05) is 17.0 Å². The molecule has 1 N–H and O–H groups in total. The van der Waals surface area contributed by atoms with Crippen molar-refractivity contribution in [1.82, 2.24) is 20.2 Å². The second kappa shape index (κ2) is 8.16. The summed E-state index contributed by atoms with van der Waals surface area (Å²) in [6.07, 6.45) is 7.31. The molecule has 6 heteroatoms. The molecule has 1 aromatic carbocycles. The van der Waals surface area contributed by atoms with E-state index < -0.39 is 0 Å². The topological polar surface area (TPSA) is 58.1 Å². The van der Waals surface area contributed by atoms with Gasteiger partial charge in [-0.1, -0.05) is 12.1 Å². The monoisotopic (exact) mass is 342 g/mol. The molecule has 1 aliphatic heterocycles. The van der Waals surface area contributed by atoms with Gasteiger partial charge in [0.1, 0.15) is 11.5 Å². The van der Waals surface area contributed by atoms with Gasteiger partial charge in [-0.15, -0.1) is 0 Å². The summed E-state index contributed by atoms with van der Waals surface area (Å²) in [6.45, 7) is 3.58. The Morgan fingerprint density at radius 3 is 2.64 bits per heavy atom. The first-order chi connectivity index (χ1) is 12.1. The van der Waals surface area contributed by atoms with Crippen LogP contribution < -0.4 is 5.32 Å². The van der Waals surface area contributed by atoms with Crippen molar-refractivity contribution in [2.24, 2.45) is 0 Å². The van der Waals surface area contributed by atoms with Crippen molar-refractivity contribution in [3.63, 3.8) is 0 Å². The zero-order chi connectivity index (χ0) is 17.6. The van der Waals surface area contributed by atoms with Crippen molar-refractivity contribution in [3.05, 3.63) is 59.9 Å². The Balaban J connectivity index is 1.46. The lowest BCUT2D eigenvalue weighted by Gasteiger charge is -2.33. The van der Waals surface area contributed by atoms with Crippen LogP contribution in [0.5, 0.6) is 0 Å². The van der Waals surface area contributed by atoms with Gasteiger partial charge in [-0.05, 0) is 43.9 Å². The van der Waals surface area contributed by atoms with Crippen LogP contribution in [-0.2, 0) is 6.42 Å². The minimum atomic E-state index is -0.204. The van der Waals surface area contributed by atoms with Crippen LogP contribution >= 0.6 is 0 Å². The van der Waals surface area contributed by atoms with Crippen LogP contribution in [0.3, 0.4) is 0 Å². The molecule has 1 atom stereocenters. The van der Waals surface area contributed by atoms with Crippen LogP contribution in [0.1, 0.15) is 35.8 Å². The molecule has 0 bridgehead atoms. The van der Waals surface area contributed by atoms with Gasteiger partial charge in [-0.3, -0.25) is 9.78 Å². The Hall–Kier alpha value is -2.34. The molecule has 3 rings (SSSR count). The SMILES string of the molecule is C[C@@H](Cc1ccc(F)cc1)NC1CCN(C(=O)c2cnccn2)CC1. The lowest BCUT2D eigenvalue weighted by Crippen LogP contribution is -2.47. The molecule has 2 aromatic rings. The van der Waals surface area contributed by atoms with Gasteiger partial charge in [0.15, 0.2) is 0 Å². The third-order valence-corrected chi connectivity index (χ3v) is 4.54. The van der Waals surface area contributed by atoms with E-state index in [1.54, 1.807) is 12.4 Å². The Morgan fingerprint density at radius 2 is 2.00 bits per heavy atom.